The summed E-state index contributed by atoms with van der Waals surface area (Å²) in [5.74, 6) is -1.21. The summed E-state index contributed by atoms with van der Waals surface area (Å²) in [4.78, 5) is 11.8. The molecule has 1 atom stereocenters. The molecule has 1 aromatic carbocycles. The van der Waals surface area contributed by atoms with Crippen molar-refractivity contribution < 1.29 is 18.3 Å². The van der Waals surface area contributed by atoms with Gasteiger partial charge in [0.1, 0.15) is 5.60 Å². The van der Waals surface area contributed by atoms with E-state index in [0.29, 0.717) is 5.02 Å². The largest absolute Gasteiger partial charge is 0.444 e. The molecule has 1 unspecified atom stereocenters. The van der Waals surface area contributed by atoms with Gasteiger partial charge in [0.2, 0.25) is 6.43 Å². The number of hydrogen-bond donors (Lipinski definition) is 2. The fourth-order valence-corrected chi connectivity index (χ4v) is 1.91. The van der Waals surface area contributed by atoms with Crippen LogP contribution < -0.4 is 11.1 Å². The summed E-state index contributed by atoms with van der Waals surface area (Å²) in [5.41, 5.74) is 5.10. The monoisotopic (exact) mass is 320 g/mol. The Balaban J connectivity index is 3.04. The lowest BCUT2D eigenvalue weighted by Gasteiger charge is -2.22. The molecule has 118 valence electrons. The minimum Gasteiger partial charge on any atom is -0.444 e. The van der Waals surface area contributed by atoms with Crippen LogP contribution in [-0.4, -0.2) is 24.7 Å². The standard InChI is InChI=1S/C14H19ClF2N2O2/c1-14(2,3)21-13(20)19-11-5-4-8(15)6-9(11)10(7-18)12(16)17/h4-6,10,12H,7,18H2,1-3H3,(H,19,20). The van der Waals surface area contributed by atoms with Crippen LogP contribution in [-0.2, 0) is 4.74 Å². The lowest BCUT2D eigenvalue weighted by Crippen LogP contribution is -2.28. The quantitative estimate of drug-likeness (QED) is 0.881. The third kappa shape index (κ3) is 5.47. The maximum absolute atomic E-state index is 13.0. The highest BCUT2D eigenvalue weighted by atomic mass is 35.5. The van der Waals surface area contributed by atoms with Crippen LogP contribution in [0.15, 0.2) is 18.2 Å². The molecular formula is C14H19ClF2N2O2. The van der Waals surface area contributed by atoms with Crippen molar-refractivity contribution in [2.75, 3.05) is 11.9 Å². The van der Waals surface area contributed by atoms with Gasteiger partial charge < -0.3 is 10.5 Å². The van der Waals surface area contributed by atoms with Gasteiger partial charge in [-0.25, -0.2) is 13.6 Å². The van der Waals surface area contributed by atoms with Crippen molar-refractivity contribution in [2.24, 2.45) is 5.73 Å². The molecule has 0 fully saturated rings. The third-order valence-electron chi connectivity index (χ3n) is 2.61. The zero-order valence-electron chi connectivity index (χ0n) is 12.1. The fraction of sp³-hybridized carbons (Fsp3) is 0.500. The van der Waals surface area contributed by atoms with Gasteiger partial charge in [-0.1, -0.05) is 11.6 Å². The van der Waals surface area contributed by atoms with Crippen molar-refractivity contribution in [3.63, 3.8) is 0 Å². The number of carbonyl (C=O) groups is 1. The van der Waals surface area contributed by atoms with Crippen LogP contribution in [0.3, 0.4) is 0 Å². The summed E-state index contributed by atoms with van der Waals surface area (Å²) in [5, 5.41) is 2.75. The Morgan fingerprint density at radius 3 is 2.52 bits per heavy atom. The van der Waals surface area contributed by atoms with Crippen LogP contribution in [0.5, 0.6) is 0 Å². The number of amides is 1. The molecule has 0 spiro atoms. The summed E-state index contributed by atoms with van der Waals surface area (Å²) >= 11 is 5.84. The van der Waals surface area contributed by atoms with Crippen LogP contribution in [0.4, 0.5) is 19.3 Å². The van der Waals surface area contributed by atoms with E-state index in [1.807, 2.05) is 0 Å². The van der Waals surface area contributed by atoms with Gasteiger partial charge in [0, 0.05) is 17.3 Å². The van der Waals surface area contributed by atoms with Crippen LogP contribution in [0.1, 0.15) is 32.3 Å². The number of nitrogens with one attached hydrogen (secondary N) is 1. The number of hydrogen-bond acceptors (Lipinski definition) is 3. The minimum absolute atomic E-state index is 0.186. The number of halogens is 3. The predicted molar refractivity (Wildman–Crippen MR) is 79.1 cm³/mol. The van der Waals surface area contributed by atoms with E-state index in [1.165, 1.54) is 18.2 Å². The number of alkyl halides is 2. The lowest BCUT2D eigenvalue weighted by atomic mass is 9.98. The van der Waals surface area contributed by atoms with E-state index in [9.17, 15) is 13.6 Å². The molecule has 0 aliphatic rings. The molecule has 4 nitrogen and oxygen atoms in total. The Kier molecular flexibility index (Phi) is 5.92. The summed E-state index contributed by atoms with van der Waals surface area (Å²) < 4.78 is 31.2. The number of carbonyl (C=O) groups excluding carboxylic acids is 1. The van der Waals surface area contributed by atoms with Crippen molar-refractivity contribution in [2.45, 2.75) is 38.7 Å². The molecule has 1 rings (SSSR count). The van der Waals surface area contributed by atoms with Crippen molar-refractivity contribution in [1.82, 2.24) is 0 Å². The normalized spacial score (nSPS) is 13.1. The first-order valence-corrected chi connectivity index (χ1v) is 6.79. The van der Waals surface area contributed by atoms with Crippen molar-refractivity contribution in [3.05, 3.63) is 28.8 Å². The molecule has 0 aliphatic heterocycles. The molecule has 0 heterocycles. The van der Waals surface area contributed by atoms with Gasteiger partial charge in [0.05, 0.1) is 5.92 Å². The molecule has 0 aliphatic carbocycles. The van der Waals surface area contributed by atoms with Gasteiger partial charge >= 0.3 is 6.09 Å². The van der Waals surface area contributed by atoms with Crippen molar-refractivity contribution >= 4 is 23.4 Å². The maximum atomic E-state index is 13.0. The van der Waals surface area contributed by atoms with Crippen LogP contribution in [0, 0.1) is 0 Å². The third-order valence-corrected chi connectivity index (χ3v) is 2.84. The van der Waals surface area contributed by atoms with Gasteiger partial charge in [-0.3, -0.25) is 5.32 Å². The summed E-state index contributed by atoms with van der Waals surface area (Å²) in [6.45, 7) is 4.85. The van der Waals surface area contributed by atoms with E-state index >= 15 is 0 Å². The van der Waals surface area contributed by atoms with Gasteiger partial charge in [-0.15, -0.1) is 0 Å². The topological polar surface area (TPSA) is 64.3 Å². The fourth-order valence-electron chi connectivity index (χ4n) is 1.73. The van der Waals surface area contributed by atoms with Crippen LogP contribution in [0.25, 0.3) is 0 Å². The Labute approximate surface area is 127 Å². The van der Waals surface area contributed by atoms with Gasteiger partial charge in [0.15, 0.2) is 0 Å². The second-order valence-electron chi connectivity index (χ2n) is 5.54. The highest BCUT2D eigenvalue weighted by Gasteiger charge is 2.25. The second kappa shape index (κ2) is 7.04. The lowest BCUT2D eigenvalue weighted by molar-refractivity contribution is 0.0634. The second-order valence-corrected chi connectivity index (χ2v) is 5.97. The molecule has 1 aromatic rings. The first-order valence-electron chi connectivity index (χ1n) is 6.41. The molecule has 3 N–H and O–H groups in total. The first-order chi connectivity index (χ1) is 9.64. The molecule has 0 saturated heterocycles. The first kappa shape index (κ1) is 17.7. The molecule has 0 radical (unpaired) electrons. The smallest absolute Gasteiger partial charge is 0.412 e. The van der Waals surface area contributed by atoms with Gasteiger partial charge in [-0.2, -0.15) is 0 Å². The summed E-state index contributed by atoms with van der Waals surface area (Å²) in [6.07, 6.45) is -3.39. The molecule has 0 aromatic heterocycles. The number of ether oxygens (including phenoxy) is 1. The molecule has 0 bridgehead atoms. The van der Waals surface area contributed by atoms with Crippen molar-refractivity contribution in [1.29, 1.82) is 0 Å². The predicted octanol–water partition coefficient (Wildman–Crippen LogP) is 3.99. The number of rotatable bonds is 4. The average molecular weight is 321 g/mol. The highest BCUT2D eigenvalue weighted by molar-refractivity contribution is 6.30. The number of nitrogens with two attached hydrogens (primary N) is 1. The SMILES string of the molecule is CC(C)(C)OC(=O)Nc1ccc(Cl)cc1C(CN)C(F)F. The van der Waals surface area contributed by atoms with E-state index in [2.05, 4.69) is 5.32 Å². The molecule has 21 heavy (non-hydrogen) atoms. The van der Waals surface area contributed by atoms with E-state index in [0.717, 1.165) is 0 Å². The van der Waals surface area contributed by atoms with E-state index in [1.54, 1.807) is 20.8 Å². The molecular weight excluding hydrogens is 302 g/mol. The Morgan fingerprint density at radius 2 is 2.05 bits per heavy atom. The highest BCUT2D eigenvalue weighted by Crippen LogP contribution is 2.31. The van der Waals surface area contributed by atoms with E-state index in [4.69, 9.17) is 22.1 Å². The molecule has 7 heteroatoms. The van der Waals surface area contributed by atoms with E-state index < -0.39 is 24.0 Å². The van der Waals surface area contributed by atoms with Gasteiger partial charge in [-0.05, 0) is 44.5 Å². The Morgan fingerprint density at radius 1 is 1.43 bits per heavy atom. The molecule has 1 amide bonds. The summed E-state index contributed by atoms with van der Waals surface area (Å²) in [7, 11) is 0. The number of benzene rings is 1. The van der Waals surface area contributed by atoms with Crippen LogP contribution >= 0.6 is 11.6 Å². The Hall–Kier alpha value is -1.40. The van der Waals surface area contributed by atoms with Gasteiger partial charge in [0.25, 0.3) is 0 Å². The summed E-state index contributed by atoms with van der Waals surface area (Å²) in [6, 6.07) is 4.32. The average Bonchev–Trinajstić information content (AvgIpc) is 2.30. The van der Waals surface area contributed by atoms with Crippen LogP contribution in [0.2, 0.25) is 5.02 Å². The van der Waals surface area contributed by atoms with Crippen molar-refractivity contribution in [3.8, 4) is 0 Å². The zero-order valence-corrected chi connectivity index (χ0v) is 12.9. The zero-order chi connectivity index (χ0) is 16.2. The van der Waals surface area contributed by atoms with E-state index in [-0.39, 0.29) is 17.8 Å². The Bertz CT molecular complexity index is 504. The molecule has 0 saturated carbocycles. The minimum atomic E-state index is -2.66. The maximum Gasteiger partial charge on any atom is 0.412 e. The number of anilines is 1.